The molecule has 4 nitrogen and oxygen atoms in total. The molecule has 0 aliphatic heterocycles. The quantitative estimate of drug-likeness (QED) is 0.689. The summed E-state index contributed by atoms with van der Waals surface area (Å²) >= 11 is 0. The van der Waals surface area contributed by atoms with Crippen LogP contribution in [-0.4, -0.2) is 16.1 Å². The number of nitrogen functional groups attached to an aromatic ring is 1. The Morgan fingerprint density at radius 1 is 1.50 bits per heavy atom. The molecule has 1 aromatic heterocycles. The topological polar surface area (TPSA) is 79.1 Å². The molecule has 0 unspecified atom stereocenters. The summed E-state index contributed by atoms with van der Waals surface area (Å²) in [7, 11) is 0. The van der Waals surface area contributed by atoms with E-state index < -0.39 is 5.97 Å². The fourth-order valence-electron chi connectivity index (χ4n) is 2.05. The van der Waals surface area contributed by atoms with Gasteiger partial charge in [-0.05, 0) is 24.1 Å². The van der Waals surface area contributed by atoms with E-state index in [4.69, 9.17) is 10.8 Å². The van der Waals surface area contributed by atoms with E-state index in [0.717, 1.165) is 28.6 Å². The average Bonchev–Trinajstić information content (AvgIpc) is 2.57. The van der Waals surface area contributed by atoms with Gasteiger partial charge in [0.05, 0.1) is 6.42 Å². The zero-order valence-corrected chi connectivity index (χ0v) is 9.08. The number of fused-ring (bicyclic) bond motifs is 1. The standard InChI is InChI=1S/C12H14N2O2/c1-2-9-7(6-11(15)16)12-8(13)4-3-5-10(12)14-9/h3-5,14H,2,6,13H2,1H3,(H,15,16). The molecule has 2 aromatic rings. The molecule has 2 rings (SSSR count). The van der Waals surface area contributed by atoms with Crippen molar-refractivity contribution in [2.75, 3.05) is 5.73 Å². The zero-order chi connectivity index (χ0) is 11.7. The van der Waals surface area contributed by atoms with Gasteiger partial charge in [-0.25, -0.2) is 0 Å². The van der Waals surface area contributed by atoms with E-state index in [0.29, 0.717) is 5.69 Å². The molecule has 0 fully saturated rings. The number of benzene rings is 1. The Kier molecular flexibility index (Phi) is 2.56. The number of nitrogens with one attached hydrogen (secondary N) is 1. The first-order valence-corrected chi connectivity index (χ1v) is 5.23. The van der Waals surface area contributed by atoms with E-state index in [1.54, 1.807) is 6.07 Å². The van der Waals surface area contributed by atoms with Crippen molar-refractivity contribution >= 4 is 22.6 Å². The molecular formula is C12H14N2O2. The largest absolute Gasteiger partial charge is 0.481 e. The minimum Gasteiger partial charge on any atom is -0.481 e. The first-order chi connectivity index (χ1) is 7.63. The van der Waals surface area contributed by atoms with Gasteiger partial charge < -0.3 is 15.8 Å². The minimum atomic E-state index is -0.834. The normalized spacial score (nSPS) is 10.8. The number of H-pyrrole nitrogens is 1. The van der Waals surface area contributed by atoms with Crippen molar-refractivity contribution in [3.05, 3.63) is 29.5 Å². The third-order valence-corrected chi connectivity index (χ3v) is 2.73. The molecule has 0 bridgehead atoms. The van der Waals surface area contributed by atoms with Crippen LogP contribution in [0.15, 0.2) is 18.2 Å². The van der Waals surface area contributed by atoms with Gasteiger partial charge in [0.2, 0.25) is 0 Å². The SMILES string of the molecule is CCc1[nH]c2cccc(N)c2c1CC(=O)O. The predicted octanol–water partition coefficient (Wildman–Crippen LogP) is 1.94. The molecule has 0 saturated heterocycles. The molecule has 1 heterocycles. The number of hydrogen-bond donors (Lipinski definition) is 3. The summed E-state index contributed by atoms with van der Waals surface area (Å²) < 4.78 is 0. The average molecular weight is 218 g/mol. The van der Waals surface area contributed by atoms with E-state index in [9.17, 15) is 4.79 Å². The molecule has 0 spiro atoms. The van der Waals surface area contributed by atoms with Crippen molar-refractivity contribution in [2.24, 2.45) is 0 Å². The number of hydrogen-bond acceptors (Lipinski definition) is 2. The zero-order valence-electron chi connectivity index (χ0n) is 9.08. The minimum absolute atomic E-state index is 0.0113. The lowest BCUT2D eigenvalue weighted by molar-refractivity contribution is -0.136. The van der Waals surface area contributed by atoms with Crippen molar-refractivity contribution in [3.8, 4) is 0 Å². The second-order valence-corrected chi connectivity index (χ2v) is 3.78. The van der Waals surface area contributed by atoms with Crippen LogP contribution in [0, 0.1) is 0 Å². The fourth-order valence-corrected chi connectivity index (χ4v) is 2.05. The number of carboxylic acids is 1. The second kappa shape index (κ2) is 3.89. The van der Waals surface area contributed by atoms with E-state index >= 15 is 0 Å². The summed E-state index contributed by atoms with van der Waals surface area (Å²) in [4.78, 5) is 14.1. The third-order valence-electron chi connectivity index (χ3n) is 2.73. The highest BCUT2D eigenvalue weighted by atomic mass is 16.4. The van der Waals surface area contributed by atoms with Gasteiger partial charge in [-0.1, -0.05) is 13.0 Å². The summed E-state index contributed by atoms with van der Waals surface area (Å²) in [5.74, 6) is -0.834. The highest BCUT2D eigenvalue weighted by Gasteiger charge is 2.14. The van der Waals surface area contributed by atoms with Crippen molar-refractivity contribution in [3.63, 3.8) is 0 Å². The van der Waals surface area contributed by atoms with Crippen LogP contribution >= 0.6 is 0 Å². The molecule has 0 aliphatic rings. The number of aromatic nitrogens is 1. The van der Waals surface area contributed by atoms with Crippen molar-refractivity contribution < 1.29 is 9.90 Å². The van der Waals surface area contributed by atoms with Crippen LogP contribution in [-0.2, 0) is 17.6 Å². The lowest BCUT2D eigenvalue weighted by atomic mass is 10.0. The van der Waals surface area contributed by atoms with Crippen LogP contribution in [0.3, 0.4) is 0 Å². The highest BCUT2D eigenvalue weighted by molar-refractivity contribution is 5.96. The molecular weight excluding hydrogens is 204 g/mol. The van der Waals surface area contributed by atoms with Gasteiger partial charge in [0.1, 0.15) is 0 Å². The Labute approximate surface area is 93.1 Å². The Morgan fingerprint density at radius 2 is 2.25 bits per heavy atom. The van der Waals surface area contributed by atoms with Crippen LogP contribution in [0.1, 0.15) is 18.2 Å². The summed E-state index contributed by atoms with van der Waals surface area (Å²) in [5.41, 5.74) is 9.19. The van der Waals surface area contributed by atoms with Gasteiger partial charge in [0.25, 0.3) is 0 Å². The van der Waals surface area contributed by atoms with E-state index in [2.05, 4.69) is 4.98 Å². The molecule has 0 saturated carbocycles. The van der Waals surface area contributed by atoms with Crippen molar-refractivity contribution in [1.82, 2.24) is 4.98 Å². The number of aliphatic carboxylic acids is 1. The second-order valence-electron chi connectivity index (χ2n) is 3.78. The number of anilines is 1. The first kappa shape index (κ1) is 10.5. The van der Waals surface area contributed by atoms with Gasteiger partial charge >= 0.3 is 5.97 Å². The number of aromatic amines is 1. The molecule has 0 amide bonds. The van der Waals surface area contributed by atoms with Gasteiger partial charge in [-0.2, -0.15) is 0 Å². The Bertz CT molecular complexity index is 543. The van der Waals surface area contributed by atoms with Gasteiger partial charge in [0.15, 0.2) is 0 Å². The maximum Gasteiger partial charge on any atom is 0.307 e. The highest BCUT2D eigenvalue weighted by Crippen LogP contribution is 2.28. The third kappa shape index (κ3) is 1.62. The van der Waals surface area contributed by atoms with E-state index in [1.165, 1.54) is 0 Å². The van der Waals surface area contributed by atoms with Crippen molar-refractivity contribution in [2.45, 2.75) is 19.8 Å². The Hall–Kier alpha value is -1.97. The lowest BCUT2D eigenvalue weighted by Crippen LogP contribution is -2.02. The van der Waals surface area contributed by atoms with Crippen LogP contribution < -0.4 is 5.73 Å². The van der Waals surface area contributed by atoms with Gasteiger partial charge in [0, 0.05) is 22.3 Å². The predicted molar refractivity (Wildman–Crippen MR) is 63.4 cm³/mol. The number of carbonyl (C=O) groups is 1. The molecule has 0 atom stereocenters. The Balaban J connectivity index is 2.70. The number of aryl methyl sites for hydroxylation is 1. The molecule has 84 valence electrons. The molecule has 4 N–H and O–H groups in total. The van der Waals surface area contributed by atoms with Crippen molar-refractivity contribution in [1.29, 1.82) is 0 Å². The summed E-state index contributed by atoms with van der Waals surface area (Å²) in [6.45, 7) is 1.99. The smallest absolute Gasteiger partial charge is 0.307 e. The number of nitrogens with two attached hydrogens (primary N) is 1. The maximum absolute atomic E-state index is 10.8. The van der Waals surface area contributed by atoms with Crippen LogP contribution in [0.4, 0.5) is 5.69 Å². The summed E-state index contributed by atoms with van der Waals surface area (Å²) in [6.07, 6.45) is 0.786. The molecule has 4 heteroatoms. The maximum atomic E-state index is 10.8. The molecule has 1 aromatic carbocycles. The van der Waals surface area contributed by atoms with Crippen LogP contribution in [0.25, 0.3) is 10.9 Å². The van der Waals surface area contributed by atoms with E-state index in [-0.39, 0.29) is 6.42 Å². The molecule has 16 heavy (non-hydrogen) atoms. The fraction of sp³-hybridized carbons (Fsp3) is 0.250. The molecule has 0 aliphatic carbocycles. The number of rotatable bonds is 3. The Morgan fingerprint density at radius 3 is 2.88 bits per heavy atom. The van der Waals surface area contributed by atoms with Crippen LogP contribution in [0.2, 0.25) is 0 Å². The van der Waals surface area contributed by atoms with Gasteiger partial charge in [-0.15, -0.1) is 0 Å². The molecule has 0 radical (unpaired) electrons. The summed E-state index contributed by atoms with van der Waals surface area (Å²) in [6, 6.07) is 5.56. The van der Waals surface area contributed by atoms with Crippen LogP contribution in [0.5, 0.6) is 0 Å². The monoisotopic (exact) mass is 218 g/mol. The van der Waals surface area contributed by atoms with Gasteiger partial charge in [-0.3, -0.25) is 4.79 Å². The lowest BCUT2D eigenvalue weighted by Gasteiger charge is -2.01. The summed E-state index contributed by atoms with van der Waals surface area (Å²) in [5, 5.41) is 9.75. The number of carboxylic acid groups (broad SMARTS) is 1. The first-order valence-electron chi connectivity index (χ1n) is 5.23. The van der Waals surface area contributed by atoms with E-state index in [1.807, 2.05) is 19.1 Å².